The van der Waals surface area contributed by atoms with Crippen LogP contribution in [-0.4, -0.2) is 35.2 Å². The monoisotopic (exact) mass is 301 g/mol. The van der Waals surface area contributed by atoms with Crippen LogP contribution in [0.1, 0.15) is 60.8 Å². The molecule has 0 rings (SSSR count). The van der Waals surface area contributed by atoms with Crippen LogP contribution in [0.2, 0.25) is 0 Å². The van der Waals surface area contributed by atoms with Crippen molar-refractivity contribution in [3.63, 3.8) is 0 Å². The first-order valence-electron chi connectivity index (χ1n) is 7.52. The van der Waals surface area contributed by atoms with E-state index in [2.05, 4.69) is 5.32 Å². The van der Waals surface area contributed by atoms with E-state index in [1.807, 2.05) is 13.8 Å². The molecule has 0 atom stereocenters. The van der Waals surface area contributed by atoms with E-state index in [1.54, 1.807) is 27.7 Å². The third kappa shape index (κ3) is 5.65. The Kier molecular flexibility index (Phi) is 6.87. The first-order valence-corrected chi connectivity index (χ1v) is 7.52. The van der Waals surface area contributed by atoms with Gasteiger partial charge >= 0.3 is 11.9 Å². The minimum Gasteiger partial charge on any atom is -0.481 e. The Hall–Kier alpha value is -1.10. The van der Waals surface area contributed by atoms with Gasteiger partial charge in [-0.25, -0.2) is 0 Å². The smallest absolute Gasteiger partial charge is 0.309 e. The number of carboxylic acids is 2. The van der Waals surface area contributed by atoms with Crippen molar-refractivity contribution in [3.8, 4) is 0 Å². The lowest BCUT2D eigenvalue weighted by atomic mass is 9.66. The number of hydrogen-bond donors (Lipinski definition) is 3. The largest absolute Gasteiger partial charge is 0.481 e. The number of nitrogens with one attached hydrogen (secondary N) is 1. The molecule has 5 nitrogen and oxygen atoms in total. The van der Waals surface area contributed by atoms with Crippen molar-refractivity contribution in [2.45, 2.75) is 60.8 Å². The molecule has 0 spiro atoms. The first-order chi connectivity index (χ1) is 9.34. The maximum absolute atomic E-state index is 11.3. The molecule has 0 aliphatic heterocycles. The molecule has 0 aromatic rings. The van der Waals surface area contributed by atoms with Gasteiger partial charge in [0.2, 0.25) is 0 Å². The lowest BCUT2D eigenvalue weighted by Crippen LogP contribution is -2.41. The second-order valence-corrected chi connectivity index (χ2v) is 7.61. The van der Waals surface area contributed by atoms with Crippen LogP contribution in [0, 0.1) is 16.2 Å². The van der Waals surface area contributed by atoms with Crippen LogP contribution >= 0.6 is 0 Å². The van der Waals surface area contributed by atoms with E-state index in [0.29, 0.717) is 6.42 Å². The topological polar surface area (TPSA) is 86.6 Å². The Bertz CT molecular complexity index is 372. The molecule has 0 fully saturated rings. The fourth-order valence-electron chi connectivity index (χ4n) is 1.89. The predicted octanol–water partition coefficient (Wildman–Crippen LogP) is 2.99. The molecule has 0 bridgehead atoms. The number of carboxylic acid groups (broad SMARTS) is 2. The van der Waals surface area contributed by atoms with Crippen LogP contribution in [0.5, 0.6) is 0 Å². The highest BCUT2D eigenvalue weighted by Gasteiger charge is 2.42. The summed E-state index contributed by atoms with van der Waals surface area (Å²) in [6.07, 6.45) is 2.18. The zero-order valence-corrected chi connectivity index (χ0v) is 14.2. The van der Waals surface area contributed by atoms with Crippen LogP contribution in [0.15, 0.2) is 0 Å². The Morgan fingerprint density at radius 3 is 1.81 bits per heavy atom. The van der Waals surface area contributed by atoms with E-state index < -0.39 is 22.8 Å². The van der Waals surface area contributed by atoms with Crippen molar-refractivity contribution >= 4 is 11.9 Å². The zero-order chi connectivity index (χ0) is 16.9. The summed E-state index contributed by atoms with van der Waals surface area (Å²) in [6, 6.07) is 0. The Labute approximate surface area is 128 Å². The van der Waals surface area contributed by atoms with Crippen molar-refractivity contribution in [1.82, 2.24) is 5.32 Å². The van der Waals surface area contributed by atoms with E-state index in [4.69, 9.17) is 5.11 Å². The Morgan fingerprint density at radius 1 is 0.857 bits per heavy atom. The molecule has 0 aromatic heterocycles. The molecule has 3 N–H and O–H groups in total. The van der Waals surface area contributed by atoms with E-state index >= 15 is 0 Å². The second-order valence-electron chi connectivity index (χ2n) is 7.61. The lowest BCUT2D eigenvalue weighted by Gasteiger charge is -2.38. The molecular weight excluding hydrogens is 270 g/mol. The number of hydrogen-bond acceptors (Lipinski definition) is 3. The third-order valence-electron chi connectivity index (χ3n) is 4.89. The van der Waals surface area contributed by atoms with Gasteiger partial charge < -0.3 is 15.5 Å². The molecule has 0 aromatic carbocycles. The van der Waals surface area contributed by atoms with Gasteiger partial charge in [-0.1, -0.05) is 13.8 Å². The van der Waals surface area contributed by atoms with Gasteiger partial charge in [-0.05, 0) is 65.5 Å². The lowest BCUT2D eigenvalue weighted by molar-refractivity contribution is -0.154. The molecule has 0 aliphatic carbocycles. The van der Waals surface area contributed by atoms with Gasteiger partial charge in [0.25, 0.3) is 0 Å². The molecule has 0 unspecified atom stereocenters. The van der Waals surface area contributed by atoms with E-state index in [1.165, 1.54) is 0 Å². The summed E-state index contributed by atoms with van der Waals surface area (Å²) in [7, 11) is 0. The van der Waals surface area contributed by atoms with Crippen LogP contribution in [0.4, 0.5) is 0 Å². The number of aliphatic carboxylic acids is 2. The predicted molar refractivity (Wildman–Crippen MR) is 83.3 cm³/mol. The van der Waals surface area contributed by atoms with Crippen LogP contribution < -0.4 is 5.32 Å². The second kappa shape index (κ2) is 7.25. The molecule has 0 saturated heterocycles. The molecule has 21 heavy (non-hydrogen) atoms. The average Bonchev–Trinajstić information content (AvgIpc) is 2.32. The Balaban J connectivity index is 4.07. The molecule has 5 heteroatoms. The standard InChI is InChI=1S/C16H31NO4/c1-14(2,12(18)19)8-7-10-17-11-9-15(3,4)16(5,6)13(20)21/h17H,7-11H2,1-6H3,(H,18,19)(H,20,21). The quantitative estimate of drug-likeness (QED) is 0.540. The fraction of sp³-hybridized carbons (Fsp3) is 0.875. The molecule has 0 aliphatic rings. The summed E-state index contributed by atoms with van der Waals surface area (Å²) in [4.78, 5) is 22.3. The van der Waals surface area contributed by atoms with Gasteiger partial charge in [0, 0.05) is 0 Å². The highest BCUT2D eigenvalue weighted by Crippen LogP contribution is 2.41. The molecule has 124 valence electrons. The molecule has 0 radical (unpaired) electrons. The maximum Gasteiger partial charge on any atom is 0.309 e. The minimum atomic E-state index is -0.782. The summed E-state index contributed by atoms with van der Waals surface area (Å²) in [6.45, 7) is 12.4. The molecular formula is C16H31NO4. The van der Waals surface area contributed by atoms with Gasteiger partial charge in [0.15, 0.2) is 0 Å². The van der Waals surface area contributed by atoms with Crippen LogP contribution in [-0.2, 0) is 9.59 Å². The fourth-order valence-corrected chi connectivity index (χ4v) is 1.89. The first kappa shape index (κ1) is 19.9. The van der Waals surface area contributed by atoms with Gasteiger partial charge in [-0.2, -0.15) is 0 Å². The van der Waals surface area contributed by atoms with Crippen molar-refractivity contribution in [2.75, 3.05) is 13.1 Å². The average molecular weight is 301 g/mol. The SMILES string of the molecule is CC(C)(CCCNCCC(C)(C)C(C)(C)C(=O)O)C(=O)O. The van der Waals surface area contributed by atoms with E-state index in [9.17, 15) is 14.7 Å². The minimum absolute atomic E-state index is 0.313. The van der Waals surface area contributed by atoms with Crippen LogP contribution in [0.3, 0.4) is 0 Å². The van der Waals surface area contributed by atoms with Crippen molar-refractivity contribution in [1.29, 1.82) is 0 Å². The van der Waals surface area contributed by atoms with Gasteiger partial charge in [0.05, 0.1) is 10.8 Å². The normalized spacial score (nSPS) is 13.2. The van der Waals surface area contributed by atoms with E-state index in [0.717, 1.165) is 25.9 Å². The molecule has 0 heterocycles. The van der Waals surface area contributed by atoms with E-state index in [-0.39, 0.29) is 5.41 Å². The molecule has 0 amide bonds. The molecule has 0 saturated carbocycles. The zero-order valence-electron chi connectivity index (χ0n) is 14.2. The summed E-state index contributed by atoms with van der Waals surface area (Å²) in [5, 5.41) is 21.6. The summed E-state index contributed by atoms with van der Waals surface area (Å²) in [5.41, 5.74) is -1.78. The van der Waals surface area contributed by atoms with Crippen LogP contribution in [0.25, 0.3) is 0 Å². The third-order valence-corrected chi connectivity index (χ3v) is 4.89. The summed E-state index contributed by atoms with van der Waals surface area (Å²) in [5.74, 6) is -1.55. The highest BCUT2D eigenvalue weighted by atomic mass is 16.4. The maximum atomic E-state index is 11.3. The Morgan fingerprint density at radius 2 is 1.38 bits per heavy atom. The number of carbonyl (C=O) groups is 2. The van der Waals surface area contributed by atoms with Gasteiger partial charge in [-0.3, -0.25) is 9.59 Å². The van der Waals surface area contributed by atoms with Crippen molar-refractivity contribution in [2.24, 2.45) is 16.2 Å². The highest BCUT2D eigenvalue weighted by molar-refractivity contribution is 5.74. The van der Waals surface area contributed by atoms with Crippen molar-refractivity contribution in [3.05, 3.63) is 0 Å². The summed E-state index contributed by atoms with van der Waals surface area (Å²) >= 11 is 0. The van der Waals surface area contributed by atoms with Gasteiger partial charge in [-0.15, -0.1) is 0 Å². The number of rotatable bonds is 10. The van der Waals surface area contributed by atoms with Crippen molar-refractivity contribution < 1.29 is 19.8 Å². The summed E-state index contributed by atoms with van der Waals surface area (Å²) < 4.78 is 0. The van der Waals surface area contributed by atoms with Gasteiger partial charge in [0.1, 0.15) is 0 Å².